The molecule has 4 amide bonds. The lowest BCUT2D eigenvalue weighted by atomic mass is 10.1. The fraction of sp³-hybridized carbons (Fsp3) is 0.600. The Morgan fingerprint density at radius 1 is 1.19 bits per heavy atom. The second-order valence-corrected chi connectivity index (χ2v) is 4.08. The number of ketones is 1. The van der Waals surface area contributed by atoms with E-state index in [9.17, 15) is 19.2 Å². The second kappa shape index (κ2) is 4.87. The van der Waals surface area contributed by atoms with E-state index in [0.29, 0.717) is 12.3 Å². The topological polar surface area (TPSA) is 83.6 Å². The third kappa shape index (κ3) is 2.65. The number of nitrogens with zero attached hydrogens (tertiary/aromatic N) is 1. The summed E-state index contributed by atoms with van der Waals surface area (Å²) >= 11 is 0. The minimum absolute atomic E-state index is 0.169. The first-order valence-corrected chi connectivity index (χ1v) is 5.14. The van der Waals surface area contributed by atoms with Gasteiger partial charge >= 0.3 is 23.6 Å². The molecule has 0 unspecified atom stereocenters. The average molecular weight is 226 g/mol. The highest BCUT2D eigenvalue weighted by molar-refractivity contribution is 6.66. The molecule has 0 bridgehead atoms. The summed E-state index contributed by atoms with van der Waals surface area (Å²) in [5.74, 6) is -2.89. The molecule has 1 aliphatic rings. The zero-order valence-electron chi connectivity index (χ0n) is 9.28. The van der Waals surface area contributed by atoms with Gasteiger partial charge in [-0.25, -0.2) is 4.79 Å². The van der Waals surface area contributed by atoms with Crippen molar-refractivity contribution in [3.05, 3.63) is 0 Å². The number of nitrogens with one attached hydrogen (secondary N) is 1. The van der Waals surface area contributed by atoms with Gasteiger partial charge in [-0.15, -0.1) is 0 Å². The average Bonchev–Trinajstić information content (AvgIpc) is 2.19. The molecule has 0 aromatic heterocycles. The highest BCUT2D eigenvalue weighted by Gasteiger charge is 2.38. The Bertz CT molecular complexity index is 349. The van der Waals surface area contributed by atoms with Crippen LogP contribution in [0.4, 0.5) is 4.79 Å². The Hall–Kier alpha value is -1.72. The lowest BCUT2D eigenvalue weighted by molar-refractivity contribution is -0.150. The van der Waals surface area contributed by atoms with Crippen LogP contribution in [0.2, 0.25) is 0 Å². The van der Waals surface area contributed by atoms with Crippen LogP contribution in [-0.4, -0.2) is 35.1 Å². The van der Waals surface area contributed by atoms with Crippen LogP contribution >= 0.6 is 0 Å². The van der Waals surface area contributed by atoms with Crippen LogP contribution in [0.25, 0.3) is 0 Å². The van der Waals surface area contributed by atoms with Crippen molar-refractivity contribution in [3.8, 4) is 0 Å². The minimum atomic E-state index is -1.18. The lowest BCUT2D eigenvalue weighted by Gasteiger charge is -2.23. The number of amides is 4. The van der Waals surface area contributed by atoms with Gasteiger partial charge in [0, 0.05) is 6.54 Å². The van der Waals surface area contributed by atoms with Crippen molar-refractivity contribution in [2.75, 3.05) is 6.54 Å². The highest BCUT2D eigenvalue weighted by Crippen LogP contribution is 2.07. The predicted octanol–water partition coefficient (Wildman–Crippen LogP) is 0.0701. The van der Waals surface area contributed by atoms with E-state index in [-0.39, 0.29) is 6.54 Å². The smallest absolute Gasteiger partial charge is 0.277 e. The number of urea groups is 1. The van der Waals surface area contributed by atoms with Gasteiger partial charge in [-0.1, -0.05) is 13.8 Å². The number of barbiturate groups is 1. The molecule has 0 radical (unpaired) electrons. The fourth-order valence-corrected chi connectivity index (χ4v) is 1.39. The largest absolute Gasteiger partial charge is 0.331 e. The van der Waals surface area contributed by atoms with Crippen LogP contribution < -0.4 is 5.32 Å². The summed E-state index contributed by atoms with van der Waals surface area (Å²) in [5, 5.41) is 1.83. The molecule has 1 N–H and O–H groups in total. The van der Waals surface area contributed by atoms with Crippen molar-refractivity contribution in [2.45, 2.75) is 26.7 Å². The molecule has 1 saturated heterocycles. The van der Waals surface area contributed by atoms with Crippen molar-refractivity contribution in [1.29, 1.82) is 0 Å². The first-order valence-electron chi connectivity index (χ1n) is 5.14. The molecule has 1 aliphatic heterocycles. The predicted molar refractivity (Wildman–Crippen MR) is 54.3 cm³/mol. The van der Waals surface area contributed by atoms with Gasteiger partial charge in [0.1, 0.15) is 0 Å². The fourth-order valence-electron chi connectivity index (χ4n) is 1.39. The van der Waals surface area contributed by atoms with Gasteiger partial charge in [0.15, 0.2) is 0 Å². The second-order valence-electron chi connectivity index (χ2n) is 4.08. The third-order valence-corrected chi connectivity index (χ3v) is 2.27. The first-order chi connectivity index (χ1) is 7.43. The number of imide groups is 2. The first kappa shape index (κ1) is 12.4. The van der Waals surface area contributed by atoms with Crippen LogP contribution in [0.3, 0.4) is 0 Å². The number of carbonyl (C=O) groups is 4. The van der Waals surface area contributed by atoms with E-state index in [2.05, 4.69) is 0 Å². The number of hydrogen-bond donors (Lipinski definition) is 1. The van der Waals surface area contributed by atoms with E-state index < -0.39 is 23.6 Å². The quantitative estimate of drug-likeness (QED) is 0.687. The highest BCUT2D eigenvalue weighted by atomic mass is 16.2. The molecule has 1 heterocycles. The maximum absolute atomic E-state index is 11.3. The van der Waals surface area contributed by atoms with Gasteiger partial charge in [-0.3, -0.25) is 24.6 Å². The molecule has 88 valence electrons. The van der Waals surface area contributed by atoms with Crippen molar-refractivity contribution in [1.82, 2.24) is 10.2 Å². The Labute approximate surface area is 93.0 Å². The van der Waals surface area contributed by atoms with Crippen molar-refractivity contribution >= 4 is 23.6 Å². The van der Waals surface area contributed by atoms with E-state index in [0.717, 1.165) is 11.3 Å². The minimum Gasteiger partial charge on any atom is -0.277 e. The van der Waals surface area contributed by atoms with Crippen LogP contribution in [0.15, 0.2) is 0 Å². The van der Waals surface area contributed by atoms with Gasteiger partial charge in [0.25, 0.3) is 0 Å². The summed E-state index contributed by atoms with van der Waals surface area (Å²) in [5.41, 5.74) is 0. The Morgan fingerprint density at radius 2 is 1.81 bits per heavy atom. The molecule has 0 atom stereocenters. The Kier molecular flexibility index (Phi) is 3.76. The van der Waals surface area contributed by atoms with Gasteiger partial charge in [-0.2, -0.15) is 0 Å². The third-order valence-electron chi connectivity index (χ3n) is 2.27. The number of hydrogen-bond acceptors (Lipinski definition) is 4. The van der Waals surface area contributed by atoms with Crippen LogP contribution in [0, 0.1) is 5.92 Å². The van der Waals surface area contributed by atoms with Gasteiger partial charge < -0.3 is 0 Å². The zero-order chi connectivity index (χ0) is 12.3. The van der Waals surface area contributed by atoms with E-state index in [1.807, 2.05) is 19.2 Å². The summed E-state index contributed by atoms with van der Waals surface area (Å²) in [6.07, 6.45) is 1.47. The lowest BCUT2D eigenvalue weighted by Crippen LogP contribution is -2.58. The summed E-state index contributed by atoms with van der Waals surface area (Å²) in [4.78, 5) is 45.2. The van der Waals surface area contributed by atoms with E-state index in [1.54, 1.807) is 0 Å². The molecule has 1 fully saturated rings. The SMILES string of the molecule is CC(C)CCCN1C(=O)NC(=O)C(=O)C1=O. The van der Waals surface area contributed by atoms with Crippen LogP contribution in [0.1, 0.15) is 26.7 Å². The van der Waals surface area contributed by atoms with E-state index in [4.69, 9.17) is 0 Å². The van der Waals surface area contributed by atoms with Crippen LogP contribution in [0.5, 0.6) is 0 Å². The Balaban J connectivity index is 2.58. The van der Waals surface area contributed by atoms with Crippen molar-refractivity contribution in [3.63, 3.8) is 0 Å². The maximum Gasteiger partial charge on any atom is 0.331 e. The number of carbonyl (C=O) groups excluding carboxylic acids is 4. The maximum atomic E-state index is 11.3. The summed E-state index contributed by atoms with van der Waals surface area (Å²) < 4.78 is 0. The van der Waals surface area contributed by atoms with Gasteiger partial charge in [0.2, 0.25) is 0 Å². The molecule has 0 aromatic rings. The van der Waals surface area contributed by atoms with Gasteiger partial charge in [0.05, 0.1) is 0 Å². The molecule has 0 spiro atoms. The Morgan fingerprint density at radius 3 is 2.38 bits per heavy atom. The van der Waals surface area contributed by atoms with Crippen molar-refractivity contribution in [2.24, 2.45) is 5.92 Å². The van der Waals surface area contributed by atoms with Gasteiger partial charge in [-0.05, 0) is 18.8 Å². The molecular formula is C10H14N2O4. The van der Waals surface area contributed by atoms with Crippen molar-refractivity contribution < 1.29 is 19.2 Å². The molecular weight excluding hydrogens is 212 g/mol. The standard InChI is InChI=1S/C10H14N2O4/c1-6(2)4-3-5-12-9(15)7(13)8(14)11-10(12)16/h6H,3-5H2,1-2H3,(H,11,14,16). The monoisotopic (exact) mass is 226 g/mol. The van der Waals surface area contributed by atoms with Crippen LogP contribution in [-0.2, 0) is 14.4 Å². The summed E-state index contributed by atoms with van der Waals surface area (Å²) in [6, 6.07) is -0.807. The molecule has 0 aromatic carbocycles. The van der Waals surface area contributed by atoms with E-state index in [1.165, 1.54) is 0 Å². The molecule has 0 aliphatic carbocycles. The molecule has 1 rings (SSSR count). The van der Waals surface area contributed by atoms with E-state index >= 15 is 0 Å². The zero-order valence-corrected chi connectivity index (χ0v) is 9.28. The summed E-state index contributed by atoms with van der Waals surface area (Å²) in [6.45, 7) is 4.21. The molecule has 0 saturated carbocycles. The summed E-state index contributed by atoms with van der Waals surface area (Å²) in [7, 11) is 0. The molecule has 6 heteroatoms. The normalized spacial score (nSPS) is 17.1. The number of Topliss-reactive ketones (excluding diaryl/α,β-unsaturated/α-hetero) is 1. The molecule has 16 heavy (non-hydrogen) atoms. The molecule has 6 nitrogen and oxygen atoms in total. The number of rotatable bonds is 4.